The van der Waals surface area contributed by atoms with Crippen LogP contribution in [0.4, 0.5) is 0 Å². The Kier molecular flexibility index (Phi) is 4.52. The Balaban J connectivity index is 1.71. The molecular weight excluding hydrogens is 276 g/mol. The Bertz CT molecular complexity index is 596. The van der Waals surface area contributed by atoms with Crippen LogP contribution in [-0.2, 0) is 0 Å². The second-order valence-corrected chi connectivity index (χ2v) is 6.44. The summed E-state index contributed by atoms with van der Waals surface area (Å²) in [5.41, 5.74) is 1.31. The maximum atomic E-state index is 5.37. The molecule has 3 rings (SSSR count). The van der Waals surface area contributed by atoms with Crippen LogP contribution in [-0.4, -0.2) is 33.1 Å². The van der Waals surface area contributed by atoms with Gasteiger partial charge in [0, 0.05) is 36.8 Å². The lowest BCUT2D eigenvalue weighted by Gasteiger charge is -2.35. The van der Waals surface area contributed by atoms with Gasteiger partial charge in [-0.25, -0.2) is 0 Å². The summed E-state index contributed by atoms with van der Waals surface area (Å²) in [6.45, 7) is 8.52. The molecule has 0 unspecified atom stereocenters. The normalized spacial score (nSPS) is 21.2. The average molecular weight is 300 g/mol. The molecule has 0 saturated carbocycles. The van der Waals surface area contributed by atoms with Crippen LogP contribution in [0.25, 0.3) is 0 Å². The summed E-state index contributed by atoms with van der Waals surface area (Å²) in [5, 5.41) is 4.20. The highest BCUT2D eigenvalue weighted by molar-refractivity contribution is 5.15. The van der Waals surface area contributed by atoms with Crippen molar-refractivity contribution in [2.24, 2.45) is 0 Å². The molecular formula is C17H24N4O. The number of aromatic nitrogens is 3. The fourth-order valence-electron chi connectivity index (χ4n) is 3.07. The highest BCUT2D eigenvalue weighted by atomic mass is 16.5. The molecule has 0 N–H and O–H groups in total. The molecule has 2 aromatic rings. The zero-order valence-corrected chi connectivity index (χ0v) is 13.6. The smallest absolute Gasteiger partial charge is 0.229 e. The van der Waals surface area contributed by atoms with Gasteiger partial charge in [0.15, 0.2) is 5.82 Å². The number of rotatable bonds is 4. The largest absolute Gasteiger partial charge is 0.339 e. The predicted molar refractivity (Wildman–Crippen MR) is 84.6 cm³/mol. The van der Waals surface area contributed by atoms with Crippen LogP contribution >= 0.6 is 0 Å². The molecule has 1 aliphatic heterocycles. The Morgan fingerprint density at radius 3 is 2.68 bits per heavy atom. The third-order valence-corrected chi connectivity index (χ3v) is 4.51. The summed E-state index contributed by atoms with van der Waals surface area (Å²) in [4.78, 5) is 11.2. The van der Waals surface area contributed by atoms with Crippen LogP contribution in [0, 0.1) is 0 Å². The minimum Gasteiger partial charge on any atom is -0.339 e. The second kappa shape index (κ2) is 6.57. The summed E-state index contributed by atoms with van der Waals surface area (Å²) in [6, 6.07) is 4.58. The van der Waals surface area contributed by atoms with Gasteiger partial charge in [0.05, 0.1) is 0 Å². The van der Waals surface area contributed by atoms with Crippen molar-refractivity contribution in [3.05, 3.63) is 41.8 Å². The van der Waals surface area contributed by atoms with E-state index >= 15 is 0 Å². The first kappa shape index (κ1) is 15.2. The average Bonchev–Trinajstić information content (AvgIpc) is 3.05. The van der Waals surface area contributed by atoms with Gasteiger partial charge in [-0.1, -0.05) is 19.0 Å². The van der Waals surface area contributed by atoms with Crippen molar-refractivity contribution >= 4 is 0 Å². The fourth-order valence-corrected chi connectivity index (χ4v) is 3.07. The molecule has 1 aliphatic rings. The Hall–Kier alpha value is -1.75. The fraction of sp³-hybridized carbons (Fsp3) is 0.588. The van der Waals surface area contributed by atoms with Gasteiger partial charge in [-0.15, -0.1) is 0 Å². The van der Waals surface area contributed by atoms with Gasteiger partial charge in [0.2, 0.25) is 5.89 Å². The summed E-state index contributed by atoms with van der Waals surface area (Å²) in [5.74, 6) is 2.27. The van der Waals surface area contributed by atoms with Crippen molar-refractivity contribution < 1.29 is 4.52 Å². The van der Waals surface area contributed by atoms with E-state index in [-0.39, 0.29) is 5.92 Å². The molecule has 1 fully saturated rings. The maximum absolute atomic E-state index is 5.37. The van der Waals surface area contributed by atoms with Crippen molar-refractivity contribution in [3.8, 4) is 0 Å². The van der Waals surface area contributed by atoms with Crippen LogP contribution in [0.1, 0.15) is 68.8 Å². The first-order chi connectivity index (χ1) is 10.6. The maximum Gasteiger partial charge on any atom is 0.229 e. The molecule has 2 aromatic heterocycles. The zero-order valence-electron chi connectivity index (χ0n) is 13.6. The summed E-state index contributed by atoms with van der Waals surface area (Å²) >= 11 is 0. The van der Waals surface area contributed by atoms with E-state index in [1.54, 1.807) is 0 Å². The zero-order chi connectivity index (χ0) is 15.5. The molecule has 2 atom stereocenters. The highest BCUT2D eigenvalue weighted by Gasteiger charge is 2.28. The molecule has 118 valence electrons. The Morgan fingerprint density at radius 1 is 1.23 bits per heavy atom. The van der Waals surface area contributed by atoms with Gasteiger partial charge in [0.1, 0.15) is 0 Å². The number of nitrogens with zero attached hydrogens (tertiary/aromatic N) is 4. The third kappa shape index (κ3) is 3.19. The number of pyridine rings is 1. The molecule has 0 radical (unpaired) electrons. The monoisotopic (exact) mass is 300 g/mol. The van der Waals surface area contributed by atoms with E-state index in [4.69, 9.17) is 4.52 Å². The van der Waals surface area contributed by atoms with E-state index in [9.17, 15) is 0 Å². The molecule has 0 aliphatic carbocycles. The Labute approximate surface area is 131 Å². The van der Waals surface area contributed by atoms with E-state index in [1.807, 2.05) is 12.4 Å². The van der Waals surface area contributed by atoms with Crippen LogP contribution in [0.5, 0.6) is 0 Å². The molecule has 5 nitrogen and oxygen atoms in total. The highest BCUT2D eigenvalue weighted by Crippen LogP contribution is 2.31. The SMILES string of the molecule is CC(C)c1nc([C@@H]2CCCN([C@@H](C)c3ccncc3)C2)no1. The van der Waals surface area contributed by atoms with Crippen molar-refractivity contribution in [2.45, 2.75) is 51.5 Å². The van der Waals surface area contributed by atoms with E-state index in [1.165, 1.54) is 12.0 Å². The van der Waals surface area contributed by atoms with E-state index < -0.39 is 0 Å². The standard InChI is InChI=1S/C17H24N4O/c1-12(2)17-19-16(20-22-17)15-5-4-10-21(11-15)13(3)14-6-8-18-9-7-14/h6-9,12-13,15H,4-5,10-11H2,1-3H3/t13-,15+/m0/s1. The first-order valence-corrected chi connectivity index (χ1v) is 8.12. The van der Waals surface area contributed by atoms with Gasteiger partial charge >= 0.3 is 0 Å². The number of piperidine rings is 1. The van der Waals surface area contributed by atoms with E-state index in [0.29, 0.717) is 12.0 Å². The van der Waals surface area contributed by atoms with Crippen LogP contribution < -0.4 is 0 Å². The molecule has 0 aromatic carbocycles. The minimum absolute atomic E-state index is 0.289. The number of likely N-dealkylation sites (tertiary alicyclic amines) is 1. The molecule has 0 bridgehead atoms. The Morgan fingerprint density at radius 2 is 2.00 bits per heavy atom. The lowest BCUT2D eigenvalue weighted by atomic mass is 9.95. The number of hydrogen-bond donors (Lipinski definition) is 0. The van der Waals surface area contributed by atoms with Gasteiger partial charge in [-0.05, 0) is 44.0 Å². The van der Waals surface area contributed by atoms with Crippen LogP contribution in [0.2, 0.25) is 0 Å². The predicted octanol–water partition coefficient (Wildman–Crippen LogP) is 3.53. The minimum atomic E-state index is 0.289. The first-order valence-electron chi connectivity index (χ1n) is 8.12. The third-order valence-electron chi connectivity index (χ3n) is 4.51. The molecule has 3 heterocycles. The van der Waals surface area contributed by atoms with Crippen molar-refractivity contribution in [3.63, 3.8) is 0 Å². The van der Waals surface area contributed by atoms with Gasteiger partial charge in [-0.3, -0.25) is 9.88 Å². The van der Waals surface area contributed by atoms with Crippen LogP contribution in [0.15, 0.2) is 29.0 Å². The topological polar surface area (TPSA) is 55.1 Å². The molecule has 0 spiro atoms. The summed E-state index contributed by atoms with van der Waals surface area (Å²) < 4.78 is 5.37. The van der Waals surface area contributed by atoms with E-state index in [0.717, 1.165) is 31.2 Å². The molecule has 0 amide bonds. The van der Waals surface area contributed by atoms with E-state index in [2.05, 4.69) is 52.9 Å². The van der Waals surface area contributed by atoms with Gasteiger partial charge in [0.25, 0.3) is 0 Å². The lowest BCUT2D eigenvalue weighted by molar-refractivity contribution is 0.154. The molecule has 5 heteroatoms. The van der Waals surface area contributed by atoms with Crippen LogP contribution in [0.3, 0.4) is 0 Å². The van der Waals surface area contributed by atoms with Crippen molar-refractivity contribution in [1.29, 1.82) is 0 Å². The number of hydrogen-bond acceptors (Lipinski definition) is 5. The van der Waals surface area contributed by atoms with Gasteiger partial charge in [-0.2, -0.15) is 4.98 Å². The van der Waals surface area contributed by atoms with Crippen molar-refractivity contribution in [1.82, 2.24) is 20.0 Å². The van der Waals surface area contributed by atoms with Crippen molar-refractivity contribution in [2.75, 3.05) is 13.1 Å². The summed E-state index contributed by atoms with van der Waals surface area (Å²) in [7, 11) is 0. The quantitative estimate of drug-likeness (QED) is 0.864. The summed E-state index contributed by atoms with van der Waals surface area (Å²) in [6.07, 6.45) is 6.03. The van der Waals surface area contributed by atoms with Gasteiger partial charge < -0.3 is 4.52 Å². The second-order valence-electron chi connectivity index (χ2n) is 6.44. The molecule has 1 saturated heterocycles. The molecule has 22 heavy (non-hydrogen) atoms. The lowest BCUT2D eigenvalue weighted by Crippen LogP contribution is -2.36.